The largest absolute Gasteiger partial charge is 0.410 e. The monoisotopic (exact) mass is 264 g/mol. The van der Waals surface area contributed by atoms with Crippen molar-refractivity contribution in [2.75, 3.05) is 0 Å². The molecule has 0 atom stereocenters. The van der Waals surface area contributed by atoms with Crippen LogP contribution in [0.1, 0.15) is 13.8 Å². The first-order valence-corrected chi connectivity index (χ1v) is 5.15. The molecule has 1 aromatic rings. The van der Waals surface area contributed by atoms with Gasteiger partial charge in [-0.2, -0.15) is 4.99 Å². The fourth-order valence-corrected chi connectivity index (χ4v) is 1.18. The van der Waals surface area contributed by atoms with E-state index in [0.29, 0.717) is 4.85 Å². The molecule has 0 saturated carbocycles. The molecule has 0 saturated heterocycles. The highest BCUT2D eigenvalue weighted by atomic mass is 35.5. The molecule has 2 amide bonds. The van der Waals surface area contributed by atoms with E-state index >= 15 is 0 Å². The first-order valence-electron chi connectivity index (χ1n) is 4.39. The summed E-state index contributed by atoms with van der Waals surface area (Å²) >= 11 is 11.4. The highest BCUT2D eigenvalue weighted by molar-refractivity contribution is 6.41. The lowest BCUT2D eigenvalue weighted by molar-refractivity contribution is 0.144. The summed E-state index contributed by atoms with van der Waals surface area (Å²) in [4.78, 5) is 15.3. The Balaban J connectivity index is 3.10. The molecular weight excluding hydrogens is 255 g/mol. The van der Waals surface area contributed by atoms with Crippen LogP contribution in [-0.2, 0) is 0 Å². The van der Waals surface area contributed by atoms with Gasteiger partial charge in [0.25, 0.3) is 0 Å². The second kappa shape index (κ2) is 5.18. The van der Waals surface area contributed by atoms with Crippen molar-refractivity contribution in [3.63, 3.8) is 0 Å². The number of hydrogen-bond acceptors (Lipinski definition) is 3. The Morgan fingerprint density at radius 3 is 2.81 bits per heavy atom. The Bertz CT molecular complexity index is 470. The van der Waals surface area contributed by atoms with Crippen molar-refractivity contribution in [1.29, 1.82) is 0 Å². The van der Waals surface area contributed by atoms with Crippen LogP contribution in [0.3, 0.4) is 0 Å². The summed E-state index contributed by atoms with van der Waals surface area (Å²) in [6.07, 6.45) is 1.13. The maximum Gasteiger partial charge on any atom is 0.341 e. The van der Waals surface area contributed by atoms with Crippen LogP contribution in [0, 0.1) is 0 Å². The molecule has 16 heavy (non-hydrogen) atoms. The second-order valence-corrected chi connectivity index (χ2v) is 3.98. The SMILES string of the molecule is CC(C)NC(=O)N=c1cnn(O)c(Cl)c1Cl. The van der Waals surface area contributed by atoms with Gasteiger partial charge in [0, 0.05) is 6.04 Å². The molecule has 0 spiro atoms. The van der Waals surface area contributed by atoms with Crippen molar-refractivity contribution in [3.05, 3.63) is 21.7 Å². The number of halogens is 2. The number of nitrogens with one attached hydrogen (secondary N) is 1. The molecule has 0 unspecified atom stereocenters. The molecule has 0 fully saturated rings. The number of aromatic nitrogens is 2. The first kappa shape index (κ1) is 12.8. The van der Waals surface area contributed by atoms with E-state index in [-0.39, 0.29) is 21.6 Å². The summed E-state index contributed by atoms with van der Waals surface area (Å²) in [5.41, 5.74) is 0. The van der Waals surface area contributed by atoms with Gasteiger partial charge in [-0.3, -0.25) is 0 Å². The van der Waals surface area contributed by atoms with Gasteiger partial charge in [-0.05, 0) is 13.8 Å². The lowest BCUT2D eigenvalue weighted by atomic mass is 10.4. The molecular formula is C8H10Cl2N4O2. The number of urea groups is 1. The molecule has 0 aliphatic rings. The Morgan fingerprint density at radius 1 is 1.62 bits per heavy atom. The van der Waals surface area contributed by atoms with Crippen molar-refractivity contribution in [2.24, 2.45) is 4.99 Å². The molecule has 1 rings (SSSR count). The first-order chi connectivity index (χ1) is 7.41. The van der Waals surface area contributed by atoms with Gasteiger partial charge in [0.2, 0.25) is 0 Å². The molecule has 0 aliphatic heterocycles. The predicted molar refractivity (Wildman–Crippen MR) is 58.7 cm³/mol. The maximum atomic E-state index is 11.3. The van der Waals surface area contributed by atoms with Crippen molar-refractivity contribution >= 4 is 29.2 Å². The zero-order chi connectivity index (χ0) is 12.3. The van der Waals surface area contributed by atoms with Crippen molar-refractivity contribution in [1.82, 2.24) is 15.3 Å². The highest BCUT2D eigenvalue weighted by Crippen LogP contribution is 2.13. The minimum Gasteiger partial charge on any atom is -0.410 e. The van der Waals surface area contributed by atoms with Crippen molar-refractivity contribution in [3.8, 4) is 0 Å². The molecule has 88 valence electrons. The fraction of sp³-hybridized carbons (Fsp3) is 0.375. The molecule has 0 aromatic carbocycles. The zero-order valence-electron chi connectivity index (χ0n) is 8.61. The smallest absolute Gasteiger partial charge is 0.341 e. The molecule has 0 bridgehead atoms. The van der Waals surface area contributed by atoms with Gasteiger partial charge >= 0.3 is 6.03 Å². The standard InChI is InChI=1S/C8H10Cl2N4O2/c1-4(2)12-8(15)13-5-3-11-14(16)7(10)6(5)9/h3-4,16H,1-2H3,(H,12,15). The summed E-state index contributed by atoms with van der Waals surface area (Å²) in [6, 6.07) is -0.588. The van der Waals surface area contributed by atoms with Gasteiger partial charge in [0.1, 0.15) is 10.4 Å². The Morgan fingerprint density at radius 2 is 2.25 bits per heavy atom. The van der Waals surface area contributed by atoms with Crippen LogP contribution in [-0.4, -0.2) is 27.2 Å². The fourth-order valence-electron chi connectivity index (χ4n) is 0.877. The summed E-state index contributed by atoms with van der Waals surface area (Å²) < 4.78 is 0. The van der Waals surface area contributed by atoms with E-state index in [4.69, 9.17) is 28.4 Å². The number of hydrogen-bond donors (Lipinski definition) is 2. The summed E-state index contributed by atoms with van der Waals surface area (Å²) in [6.45, 7) is 3.60. The van der Waals surface area contributed by atoms with Crippen LogP contribution < -0.4 is 10.7 Å². The van der Waals surface area contributed by atoms with E-state index in [2.05, 4.69) is 15.4 Å². The number of nitrogens with zero attached hydrogens (tertiary/aromatic N) is 3. The minimum atomic E-state index is -0.551. The Labute approximate surface area is 101 Å². The predicted octanol–water partition coefficient (Wildman–Crippen LogP) is 1.45. The number of carbonyl (C=O) groups is 1. The third kappa shape index (κ3) is 3.11. The van der Waals surface area contributed by atoms with E-state index in [1.54, 1.807) is 13.8 Å². The Kier molecular flexibility index (Phi) is 4.14. The lowest BCUT2D eigenvalue weighted by Gasteiger charge is -2.04. The number of amides is 2. The van der Waals surface area contributed by atoms with E-state index in [9.17, 15) is 4.79 Å². The molecule has 1 heterocycles. The normalized spacial score (nSPS) is 11.9. The van der Waals surface area contributed by atoms with Crippen LogP contribution in [0.15, 0.2) is 11.2 Å². The maximum absolute atomic E-state index is 11.3. The van der Waals surface area contributed by atoms with Gasteiger partial charge < -0.3 is 10.5 Å². The summed E-state index contributed by atoms with van der Waals surface area (Å²) in [5, 5.41) is 14.9. The van der Waals surface area contributed by atoms with Crippen LogP contribution in [0.4, 0.5) is 4.79 Å². The average molecular weight is 265 g/mol. The molecule has 0 aliphatic carbocycles. The van der Waals surface area contributed by atoms with Gasteiger partial charge in [-0.15, -0.1) is 5.10 Å². The lowest BCUT2D eigenvalue weighted by Crippen LogP contribution is -2.29. The van der Waals surface area contributed by atoms with Crippen molar-refractivity contribution < 1.29 is 10.0 Å². The van der Waals surface area contributed by atoms with E-state index < -0.39 is 6.03 Å². The van der Waals surface area contributed by atoms with E-state index in [1.165, 1.54) is 0 Å². The topological polar surface area (TPSA) is 79.5 Å². The molecule has 6 nitrogen and oxygen atoms in total. The van der Waals surface area contributed by atoms with Crippen LogP contribution in [0.2, 0.25) is 10.2 Å². The molecule has 0 radical (unpaired) electrons. The number of rotatable bonds is 1. The average Bonchev–Trinajstić information content (AvgIpc) is 2.18. The molecule has 1 aromatic heterocycles. The third-order valence-corrected chi connectivity index (χ3v) is 2.31. The molecule has 2 N–H and O–H groups in total. The van der Waals surface area contributed by atoms with Crippen molar-refractivity contribution in [2.45, 2.75) is 19.9 Å². The third-order valence-electron chi connectivity index (χ3n) is 1.51. The Hall–Kier alpha value is -1.27. The number of carbonyl (C=O) groups excluding carboxylic acids is 1. The van der Waals surface area contributed by atoms with Crippen LogP contribution in [0.5, 0.6) is 0 Å². The van der Waals surface area contributed by atoms with Gasteiger partial charge in [0.05, 0.1) is 6.20 Å². The minimum absolute atomic E-state index is 0.0371. The van der Waals surface area contributed by atoms with E-state index in [1.807, 2.05) is 0 Å². The quantitative estimate of drug-likeness (QED) is 0.754. The highest BCUT2D eigenvalue weighted by Gasteiger charge is 2.07. The summed E-state index contributed by atoms with van der Waals surface area (Å²) in [7, 11) is 0. The van der Waals surface area contributed by atoms with Gasteiger partial charge in [0.15, 0.2) is 5.15 Å². The van der Waals surface area contributed by atoms with E-state index in [0.717, 1.165) is 6.20 Å². The van der Waals surface area contributed by atoms with Gasteiger partial charge in [-0.25, -0.2) is 4.79 Å². The summed E-state index contributed by atoms with van der Waals surface area (Å²) in [5.74, 6) is 0. The zero-order valence-corrected chi connectivity index (χ0v) is 10.1. The van der Waals surface area contributed by atoms with Gasteiger partial charge in [-0.1, -0.05) is 28.0 Å². The van der Waals surface area contributed by atoms with Crippen LogP contribution >= 0.6 is 23.2 Å². The molecule has 8 heteroatoms. The second-order valence-electron chi connectivity index (χ2n) is 3.24. The van der Waals surface area contributed by atoms with Crippen LogP contribution in [0.25, 0.3) is 0 Å².